The van der Waals surface area contributed by atoms with Gasteiger partial charge in [-0.3, -0.25) is 5.43 Å². The van der Waals surface area contributed by atoms with E-state index in [2.05, 4.69) is 5.43 Å². The van der Waals surface area contributed by atoms with E-state index in [-0.39, 0.29) is 0 Å². The zero-order chi connectivity index (χ0) is 13.5. The van der Waals surface area contributed by atoms with Crippen molar-refractivity contribution in [1.29, 1.82) is 0 Å². The van der Waals surface area contributed by atoms with Gasteiger partial charge in [-0.1, -0.05) is 12.1 Å². The average Bonchev–Trinajstić information content (AvgIpc) is 2.46. The summed E-state index contributed by atoms with van der Waals surface area (Å²) in [6, 6.07) is 8.00. The van der Waals surface area contributed by atoms with Gasteiger partial charge in [0.1, 0.15) is 5.75 Å². The Morgan fingerprint density at radius 2 is 1.65 bits per heavy atom. The molecule has 0 amide bonds. The van der Waals surface area contributed by atoms with Gasteiger partial charge in [-0.15, -0.1) is 0 Å². The normalized spacial score (nSPS) is 34.1. The molecule has 3 heteroatoms. The summed E-state index contributed by atoms with van der Waals surface area (Å²) >= 11 is 0. The van der Waals surface area contributed by atoms with Crippen LogP contribution in [0.5, 0.6) is 5.75 Å². The molecule has 5 rings (SSSR count). The minimum atomic E-state index is 0.744. The third-order valence-corrected chi connectivity index (χ3v) is 5.39. The lowest BCUT2D eigenvalue weighted by atomic mass is 9.55. The van der Waals surface area contributed by atoms with Gasteiger partial charge in [0.15, 0.2) is 0 Å². The summed E-state index contributed by atoms with van der Waals surface area (Å²) in [7, 11) is 1.70. The molecule has 1 aromatic carbocycles. The lowest BCUT2D eigenvalue weighted by molar-refractivity contribution is 0.108. The fraction of sp³-hybridized carbons (Fsp3) is 0.588. The van der Waals surface area contributed by atoms with E-state index < -0.39 is 0 Å². The Bertz CT molecular complexity index is 508. The van der Waals surface area contributed by atoms with Crippen molar-refractivity contribution in [3.05, 3.63) is 24.3 Å². The minimum absolute atomic E-state index is 0.744. The van der Waals surface area contributed by atoms with Crippen molar-refractivity contribution in [3.8, 4) is 5.75 Å². The molecule has 0 radical (unpaired) electrons. The quantitative estimate of drug-likeness (QED) is 0.845. The van der Waals surface area contributed by atoms with Crippen molar-refractivity contribution in [1.82, 2.24) is 0 Å². The monoisotopic (exact) mass is 270 g/mol. The summed E-state index contributed by atoms with van der Waals surface area (Å²) in [5.41, 5.74) is 5.66. The molecule has 1 aromatic rings. The van der Waals surface area contributed by atoms with Gasteiger partial charge in [0, 0.05) is 5.71 Å². The molecule has 106 valence electrons. The van der Waals surface area contributed by atoms with E-state index in [1.807, 2.05) is 24.3 Å². The Balaban J connectivity index is 1.55. The highest BCUT2D eigenvalue weighted by atomic mass is 16.5. The Morgan fingerprint density at radius 3 is 2.30 bits per heavy atom. The largest absolute Gasteiger partial charge is 0.495 e. The Labute approximate surface area is 120 Å². The maximum atomic E-state index is 5.37. The van der Waals surface area contributed by atoms with Crippen molar-refractivity contribution < 1.29 is 4.74 Å². The van der Waals surface area contributed by atoms with Crippen LogP contribution in [-0.4, -0.2) is 12.8 Å². The van der Waals surface area contributed by atoms with Gasteiger partial charge in [-0.2, -0.15) is 5.10 Å². The molecule has 4 fully saturated rings. The van der Waals surface area contributed by atoms with Crippen LogP contribution in [0.15, 0.2) is 29.4 Å². The SMILES string of the molecule is COc1ccccc1NN=C1C2CC3CC(C2)CC1C3. The van der Waals surface area contributed by atoms with Crippen LogP contribution in [0.1, 0.15) is 32.1 Å². The average molecular weight is 270 g/mol. The van der Waals surface area contributed by atoms with Gasteiger partial charge < -0.3 is 4.74 Å². The number of rotatable bonds is 3. The Morgan fingerprint density at radius 1 is 1.00 bits per heavy atom. The molecule has 4 aliphatic carbocycles. The zero-order valence-corrected chi connectivity index (χ0v) is 12.0. The molecule has 0 atom stereocenters. The van der Waals surface area contributed by atoms with Gasteiger partial charge in [0.05, 0.1) is 12.8 Å². The van der Waals surface area contributed by atoms with Gasteiger partial charge >= 0.3 is 0 Å². The van der Waals surface area contributed by atoms with Gasteiger partial charge in [0.2, 0.25) is 0 Å². The lowest BCUT2D eigenvalue weighted by Gasteiger charge is -2.50. The predicted octanol–water partition coefficient (Wildman–Crippen LogP) is 3.92. The third-order valence-electron chi connectivity index (χ3n) is 5.39. The van der Waals surface area contributed by atoms with Crippen molar-refractivity contribution in [2.24, 2.45) is 28.8 Å². The first kappa shape index (κ1) is 12.2. The van der Waals surface area contributed by atoms with Crippen molar-refractivity contribution in [2.75, 3.05) is 12.5 Å². The summed E-state index contributed by atoms with van der Waals surface area (Å²) < 4.78 is 5.37. The molecule has 20 heavy (non-hydrogen) atoms. The highest BCUT2D eigenvalue weighted by molar-refractivity contribution is 5.91. The highest BCUT2D eigenvalue weighted by Gasteiger charge is 2.46. The fourth-order valence-corrected chi connectivity index (χ4v) is 4.71. The number of methoxy groups -OCH3 is 1. The van der Waals surface area contributed by atoms with E-state index in [0.717, 1.165) is 35.1 Å². The van der Waals surface area contributed by atoms with E-state index in [0.29, 0.717) is 0 Å². The number of hydrogen-bond acceptors (Lipinski definition) is 3. The van der Waals surface area contributed by atoms with Gasteiger partial charge in [-0.25, -0.2) is 0 Å². The van der Waals surface area contributed by atoms with Crippen LogP contribution in [-0.2, 0) is 0 Å². The maximum absolute atomic E-state index is 5.37. The van der Waals surface area contributed by atoms with E-state index in [1.165, 1.54) is 37.8 Å². The number of ether oxygens (including phenoxy) is 1. The van der Waals surface area contributed by atoms with Crippen LogP contribution in [0, 0.1) is 23.7 Å². The van der Waals surface area contributed by atoms with Crippen molar-refractivity contribution >= 4 is 11.4 Å². The Hall–Kier alpha value is -1.51. The van der Waals surface area contributed by atoms with Crippen LogP contribution >= 0.6 is 0 Å². The van der Waals surface area contributed by atoms with Crippen molar-refractivity contribution in [2.45, 2.75) is 32.1 Å². The molecule has 4 aliphatic rings. The molecule has 0 spiro atoms. The van der Waals surface area contributed by atoms with Crippen LogP contribution < -0.4 is 10.2 Å². The molecular weight excluding hydrogens is 248 g/mol. The lowest BCUT2D eigenvalue weighted by Crippen LogP contribution is -2.45. The summed E-state index contributed by atoms with van der Waals surface area (Å²) in [5.74, 6) is 4.33. The predicted molar refractivity (Wildman–Crippen MR) is 81.1 cm³/mol. The number of hydrogen-bond donors (Lipinski definition) is 1. The number of anilines is 1. The molecule has 3 nitrogen and oxygen atoms in total. The Kier molecular flexibility index (Phi) is 2.94. The first-order valence-corrected chi connectivity index (χ1v) is 7.80. The van der Waals surface area contributed by atoms with E-state index >= 15 is 0 Å². The van der Waals surface area contributed by atoms with Crippen LogP contribution in [0.25, 0.3) is 0 Å². The maximum Gasteiger partial charge on any atom is 0.143 e. The molecule has 4 saturated carbocycles. The topological polar surface area (TPSA) is 33.6 Å². The standard InChI is InChI=1S/C17H22N2O/c1-20-16-5-3-2-4-15(16)18-19-17-13-7-11-6-12(9-13)10-14(17)8-11/h2-5,11-14,18H,6-10H2,1H3. The second-order valence-electron chi connectivity index (χ2n) is 6.65. The fourth-order valence-electron chi connectivity index (χ4n) is 4.71. The molecule has 0 heterocycles. The first-order valence-electron chi connectivity index (χ1n) is 7.80. The van der Waals surface area contributed by atoms with Gasteiger partial charge in [0.25, 0.3) is 0 Å². The van der Waals surface area contributed by atoms with E-state index in [4.69, 9.17) is 9.84 Å². The van der Waals surface area contributed by atoms with Crippen molar-refractivity contribution in [3.63, 3.8) is 0 Å². The summed E-state index contributed by atoms with van der Waals surface area (Å²) in [4.78, 5) is 0. The zero-order valence-electron chi connectivity index (χ0n) is 12.0. The first-order chi connectivity index (χ1) is 9.83. The number of nitrogens with zero attached hydrogens (tertiary/aromatic N) is 1. The van der Waals surface area contributed by atoms with E-state index in [9.17, 15) is 0 Å². The van der Waals surface area contributed by atoms with Gasteiger partial charge in [-0.05, 0) is 67.9 Å². The third kappa shape index (κ3) is 2.00. The summed E-state index contributed by atoms with van der Waals surface area (Å²) in [6.45, 7) is 0. The number of hydrazone groups is 1. The number of para-hydroxylation sites is 2. The van der Waals surface area contributed by atoms with E-state index in [1.54, 1.807) is 7.11 Å². The summed E-state index contributed by atoms with van der Waals surface area (Å²) in [6.07, 6.45) is 6.98. The minimum Gasteiger partial charge on any atom is -0.495 e. The number of benzene rings is 1. The molecule has 4 bridgehead atoms. The smallest absolute Gasteiger partial charge is 0.143 e. The highest BCUT2D eigenvalue weighted by Crippen LogP contribution is 2.52. The molecule has 0 saturated heterocycles. The number of nitrogens with one attached hydrogen (secondary N) is 1. The van der Waals surface area contributed by atoms with Crippen LogP contribution in [0.4, 0.5) is 5.69 Å². The molecule has 0 unspecified atom stereocenters. The second-order valence-corrected chi connectivity index (χ2v) is 6.65. The summed E-state index contributed by atoms with van der Waals surface area (Å²) in [5, 5.41) is 4.79. The second kappa shape index (κ2) is 4.80. The molecule has 0 aromatic heterocycles. The molecule has 1 N–H and O–H groups in total. The van der Waals surface area contributed by atoms with Crippen LogP contribution in [0.3, 0.4) is 0 Å². The molecule has 0 aliphatic heterocycles. The van der Waals surface area contributed by atoms with Crippen LogP contribution in [0.2, 0.25) is 0 Å². The molecular formula is C17H22N2O.